The third-order valence-electron chi connectivity index (χ3n) is 2.52. The highest BCUT2D eigenvalue weighted by Crippen LogP contribution is 2.25. The molecule has 0 amide bonds. The molecule has 1 rings (SSSR count). The summed E-state index contributed by atoms with van der Waals surface area (Å²) in [7, 11) is 3.22. The zero-order valence-corrected chi connectivity index (χ0v) is 11.7. The maximum Gasteiger partial charge on any atom is 0.171 e. The van der Waals surface area contributed by atoms with Crippen LogP contribution in [0.4, 0.5) is 0 Å². The fourth-order valence-corrected chi connectivity index (χ4v) is 1.94. The SMILES string of the molecule is COC(OC)C(C)NCc1cccc(Cl)c1Cl. The molecule has 0 saturated carbocycles. The number of nitrogens with one attached hydrogen (secondary N) is 1. The molecular formula is C12H17Cl2NO2. The van der Waals surface area contributed by atoms with Gasteiger partial charge in [-0.15, -0.1) is 0 Å². The van der Waals surface area contributed by atoms with Gasteiger partial charge in [0.1, 0.15) is 0 Å². The molecule has 1 N–H and O–H groups in total. The second-order valence-corrected chi connectivity index (χ2v) is 4.51. The lowest BCUT2D eigenvalue weighted by atomic mass is 10.2. The van der Waals surface area contributed by atoms with Gasteiger partial charge in [-0.1, -0.05) is 35.3 Å². The molecule has 3 nitrogen and oxygen atoms in total. The first-order chi connectivity index (χ1) is 8.10. The van der Waals surface area contributed by atoms with Crippen molar-refractivity contribution in [1.82, 2.24) is 5.32 Å². The molecule has 96 valence electrons. The van der Waals surface area contributed by atoms with E-state index in [0.717, 1.165) is 5.56 Å². The van der Waals surface area contributed by atoms with Gasteiger partial charge in [-0.25, -0.2) is 0 Å². The van der Waals surface area contributed by atoms with E-state index in [1.165, 1.54) is 0 Å². The minimum Gasteiger partial charge on any atom is -0.354 e. The minimum atomic E-state index is -0.284. The first-order valence-corrected chi connectivity index (χ1v) is 6.07. The van der Waals surface area contributed by atoms with Crippen molar-refractivity contribution in [3.05, 3.63) is 33.8 Å². The fourth-order valence-electron chi connectivity index (χ4n) is 1.56. The Balaban J connectivity index is 2.58. The van der Waals surface area contributed by atoms with Gasteiger partial charge in [-0.05, 0) is 18.6 Å². The molecule has 5 heteroatoms. The number of ether oxygens (including phenoxy) is 2. The molecule has 1 atom stereocenters. The Bertz CT molecular complexity index is 356. The summed E-state index contributed by atoms with van der Waals surface area (Å²) in [5.41, 5.74) is 0.956. The van der Waals surface area contributed by atoms with Crippen LogP contribution in [-0.4, -0.2) is 26.6 Å². The standard InChI is InChI=1S/C12H17Cl2NO2/c1-8(12(16-2)17-3)15-7-9-5-4-6-10(13)11(9)14/h4-6,8,12,15H,7H2,1-3H3. The van der Waals surface area contributed by atoms with Crippen LogP contribution in [0.2, 0.25) is 10.0 Å². The lowest BCUT2D eigenvalue weighted by Crippen LogP contribution is -2.39. The van der Waals surface area contributed by atoms with Crippen LogP contribution in [0.15, 0.2) is 18.2 Å². The molecule has 0 aliphatic rings. The topological polar surface area (TPSA) is 30.5 Å². The van der Waals surface area contributed by atoms with Crippen LogP contribution < -0.4 is 5.32 Å². The third-order valence-corrected chi connectivity index (χ3v) is 3.38. The molecule has 1 aromatic carbocycles. The molecular weight excluding hydrogens is 261 g/mol. The Labute approximate surface area is 112 Å². The van der Waals surface area contributed by atoms with Gasteiger partial charge in [-0.3, -0.25) is 0 Å². The predicted molar refractivity (Wildman–Crippen MR) is 70.6 cm³/mol. The van der Waals surface area contributed by atoms with Gasteiger partial charge in [0.15, 0.2) is 6.29 Å². The molecule has 17 heavy (non-hydrogen) atoms. The van der Waals surface area contributed by atoms with Crippen LogP contribution in [0.5, 0.6) is 0 Å². The van der Waals surface area contributed by atoms with Crippen molar-refractivity contribution >= 4 is 23.2 Å². The number of hydrogen-bond acceptors (Lipinski definition) is 3. The summed E-state index contributed by atoms with van der Waals surface area (Å²) >= 11 is 12.0. The van der Waals surface area contributed by atoms with Crippen LogP contribution >= 0.6 is 23.2 Å². The van der Waals surface area contributed by atoms with Crippen LogP contribution in [0, 0.1) is 0 Å². The molecule has 0 heterocycles. The highest BCUT2D eigenvalue weighted by Gasteiger charge is 2.15. The van der Waals surface area contributed by atoms with E-state index in [1.807, 2.05) is 19.1 Å². The summed E-state index contributed by atoms with van der Waals surface area (Å²) in [5.74, 6) is 0. The highest BCUT2D eigenvalue weighted by atomic mass is 35.5. The predicted octanol–water partition coefficient (Wildman–Crippen LogP) is 3.09. The molecule has 0 aromatic heterocycles. The van der Waals surface area contributed by atoms with E-state index in [0.29, 0.717) is 16.6 Å². The van der Waals surface area contributed by atoms with Crippen LogP contribution in [-0.2, 0) is 16.0 Å². The molecule has 0 spiro atoms. The molecule has 0 saturated heterocycles. The maximum atomic E-state index is 6.09. The summed E-state index contributed by atoms with van der Waals surface area (Å²) in [5, 5.41) is 4.42. The average molecular weight is 278 g/mol. The lowest BCUT2D eigenvalue weighted by Gasteiger charge is -2.22. The Morgan fingerprint density at radius 3 is 2.47 bits per heavy atom. The van der Waals surface area contributed by atoms with Crippen molar-refractivity contribution in [2.24, 2.45) is 0 Å². The Kier molecular flexibility index (Phi) is 6.23. The van der Waals surface area contributed by atoms with Crippen molar-refractivity contribution in [1.29, 1.82) is 0 Å². The first kappa shape index (κ1) is 14.7. The van der Waals surface area contributed by atoms with Crippen LogP contribution in [0.3, 0.4) is 0 Å². The molecule has 0 aliphatic carbocycles. The number of rotatable bonds is 6. The number of methoxy groups -OCH3 is 2. The fraction of sp³-hybridized carbons (Fsp3) is 0.500. The van der Waals surface area contributed by atoms with Crippen molar-refractivity contribution in [3.8, 4) is 0 Å². The second kappa shape index (κ2) is 7.19. The van der Waals surface area contributed by atoms with Gasteiger partial charge in [0, 0.05) is 20.8 Å². The van der Waals surface area contributed by atoms with Crippen molar-refractivity contribution in [2.75, 3.05) is 14.2 Å². The van der Waals surface area contributed by atoms with E-state index >= 15 is 0 Å². The van der Waals surface area contributed by atoms with Gasteiger partial charge in [0.25, 0.3) is 0 Å². The minimum absolute atomic E-state index is 0.0556. The van der Waals surface area contributed by atoms with E-state index in [9.17, 15) is 0 Å². The summed E-state index contributed by atoms with van der Waals surface area (Å²) in [4.78, 5) is 0. The third kappa shape index (κ3) is 4.12. The first-order valence-electron chi connectivity index (χ1n) is 5.32. The molecule has 0 bridgehead atoms. The smallest absolute Gasteiger partial charge is 0.171 e. The highest BCUT2D eigenvalue weighted by molar-refractivity contribution is 6.42. The molecule has 0 aliphatic heterocycles. The zero-order valence-electron chi connectivity index (χ0n) is 10.2. The summed E-state index contributed by atoms with van der Waals surface area (Å²) < 4.78 is 10.3. The van der Waals surface area contributed by atoms with E-state index in [1.54, 1.807) is 20.3 Å². The van der Waals surface area contributed by atoms with Crippen molar-refractivity contribution in [2.45, 2.75) is 25.8 Å². The zero-order chi connectivity index (χ0) is 12.8. The number of halogens is 2. The van der Waals surface area contributed by atoms with E-state index in [4.69, 9.17) is 32.7 Å². The monoisotopic (exact) mass is 277 g/mol. The maximum absolute atomic E-state index is 6.09. The summed E-state index contributed by atoms with van der Waals surface area (Å²) in [6.45, 7) is 2.60. The van der Waals surface area contributed by atoms with E-state index in [-0.39, 0.29) is 12.3 Å². The van der Waals surface area contributed by atoms with E-state index < -0.39 is 0 Å². The van der Waals surface area contributed by atoms with Gasteiger partial charge < -0.3 is 14.8 Å². The second-order valence-electron chi connectivity index (χ2n) is 3.72. The van der Waals surface area contributed by atoms with Crippen molar-refractivity contribution in [3.63, 3.8) is 0 Å². The normalized spacial score (nSPS) is 13.1. The number of hydrogen-bond donors (Lipinski definition) is 1. The molecule has 1 unspecified atom stereocenters. The van der Waals surface area contributed by atoms with Crippen LogP contribution in [0.1, 0.15) is 12.5 Å². The molecule has 1 aromatic rings. The lowest BCUT2D eigenvalue weighted by molar-refractivity contribution is -0.119. The quantitative estimate of drug-likeness (QED) is 0.811. The van der Waals surface area contributed by atoms with Crippen LogP contribution in [0.25, 0.3) is 0 Å². The Hall–Kier alpha value is -0.320. The average Bonchev–Trinajstić information content (AvgIpc) is 2.32. The molecule has 0 fully saturated rings. The van der Waals surface area contributed by atoms with Crippen molar-refractivity contribution < 1.29 is 9.47 Å². The van der Waals surface area contributed by atoms with Gasteiger partial charge in [0.05, 0.1) is 16.1 Å². The number of benzene rings is 1. The molecule has 0 radical (unpaired) electrons. The largest absolute Gasteiger partial charge is 0.354 e. The van der Waals surface area contributed by atoms with Gasteiger partial charge in [-0.2, -0.15) is 0 Å². The Morgan fingerprint density at radius 1 is 1.24 bits per heavy atom. The van der Waals surface area contributed by atoms with E-state index in [2.05, 4.69) is 5.32 Å². The summed E-state index contributed by atoms with van der Waals surface area (Å²) in [6, 6.07) is 5.63. The Morgan fingerprint density at radius 2 is 1.88 bits per heavy atom. The van der Waals surface area contributed by atoms with Gasteiger partial charge in [0.2, 0.25) is 0 Å². The summed E-state index contributed by atoms with van der Waals surface area (Å²) in [6.07, 6.45) is -0.284. The van der Waals surface area contributed by atoms with Gasteiger partial charge >= 0.3 is 0 Å².